The van der Waals surface area contributed by atoms with E-state index in [1.54, 1.807) is 11.3 Å². The van der Waals surface area contributed by atoms with Gasteiger partial charge in [-0.2, -0.15) is 0 Å². The Bertz CT molecular complexity index is 710. The summed E-state index contributed by atoms with van der Waals surface area (Å²) in [4.78, 5) is 19.2. The molecule has 1 amide bonds. The molecule has 0 radical (unpaired) electrons. The van der Waals surface area contributed by atoms with E-state index in [0.29, 0.717) is 11.6 Å². The van der Waals surface area contributed by atoms with Crippen molar-refractivity contribution in [1.82, 2.24) is 15.2 Å². The number of nitrogens with zero attached hydrogens (tertiary/aromatic N) is 2. The van der Waals surface area contributed by atoms with Crippen molar-refractivity contribution in [2.45, 2.75) is 20.3 Å². The number of benzene rings is 1. The monoisotopic (exact) mass is 329 g/mol. The van der Waals surface area contributed by atoms with Crippen LogP contribution in [-0.2, 0) is 0 Å². The van der Waals surface area contributed by atoms with Gasteiger partial charge in [0.25, 0.3) is 5.91 Å². The first kappa shape index (κ1) is 16.1. The molecule has 1 aliphatic heterocycles. The van der Waals surface area contributed by atoms with Gasteiger partial charge in [0, 0.05) is 24.0 Å². The highest BCUT2D eigenvalue weighted by Crippen LogP contribution is 2.28. The van der Waals surface area contributed by atoms with E-state index in [2.05, 4.69) is 42.3 Å². The number of rotatable bonds is 4. The Labute approximate surface area is 141 Å². The molecule has 1 aromatic carbocycles. The Hall–Kier alpha value is -1.72. The van der Waals surface area contributed by atoms with Crippen LogP contribution in [0.4, 0.5) is 0 Å². The Morgan fingerprint density at radius 2 is 2.26 bits per heavy atom. The number of aryl methyl sites for hydroxylation is 2. The van der Waals surface area contributed by atoms with Crippen LogP contribution in [-0.4, -0.2) is 42.5 Å². The third-order valence-corrected chi connectivity index (χ3v) is 5.28. The highest BCUT2D eigenvalue weighted by atomic mass is 32.1. The molecule has 0 spiro atoms. The second-order valence-electron chi connectivity index (χ2n) is 6.32. The molecule has 3 rings (SSSR count). The molecular weight excluding hydrogens is 306 g/mol. The third-order valence-electron chi connectivity index (χ3n) is 4.40. The third kappa shape index (κ3) is 3.46. The Kier molecular flexibility index (Phi) is 4.78. The molecule has 23 heavy (non-hydrogen) atoms. The summed E-state index contributed by atoms with van der Waals surface area (Å²) >= 11 is 1.55. The van der Waals surface area contributed by atoms with Crippen LogP contribution < -0.4 is 5.32 Å². The lowest BCUT2D eigenvalue weighted by Crippen LogP contribution is -2.30. The van der Waals surface area contributed by atoms with Crippen molar-refractivity contribution in [2.75, 3.05) is 26.7 Å². The minimum atomic E-state index is 0.0656. The van der Waals surface area contributed by atoms with Gasteiger partial charge in [-0.1, -0.05) is 23.8 Å². The van der Waals surface area contributed by atoms with E-state index in [4.69, 9.17) is 0 Å². The number of thiazole rings is 1. The predicted molar refractivity (Wildman–Crippen MR) is 95.0 cm³/mol. The highest BCUT2D eigenvalue weighted by molar-refractivity contribution is 7.13. The number of carbonyl (C=O) groups is 1. The lowest BCUT2D eigenvalue weighted by molar-refractivity contribution is 0.0782. The number of amides is 1. The zero-order valence-corrected chi connectivity index (χ0v) is 14.7. The molecule has 0 aliphatic carbocycles. The van der Waals surface area contributed by atoms with Crippen LogP contribution in [0, 0.1) is 19.8 Å². The smallest absolute Gasteiger partial charge is 0.273 e. The summed E-state index contributed by atoms with van der Waals surface area (Å²) in [6, 6.07) is 6.34. The average molecular weight is 329 g/mol. The molecule has 1 aromatic heterocycles. The van der Waals surface area contributed by atoms with E-state index in [-0.39, 0.29) is 5.91 Å². The van der Waals surface area contributed by atoms with E-state index in [1.807, 2.05) is 17.3 Å². The molecular formula is C18H23N3OS. The summed E-state index contributed by atoms with van der Waals surface area (Å²) in [5.41, 5.74) is 4.14. The van der Waals surface area contributed by atoms with Crippen molar-refractivity contribution >= 4 is 17.2 Å². The first-order valence-electron chi connectivity index (χ1n) is 8.05. The zero-order chi connectivity index (χ0) is 16.4. The first-order chi connectivity index (χ1) is 11.1. The van der Waals surface area contributed by atoms with Crippen molar-refractivity contribution in [3.8, 4) is 10.6 Å². The van der Waals surface area contributed by atoms with Crippen LogP contribution >= 0.6 is 11.3 Å². The van der Waals surface area contributed by atoms with Crippen LogP contribution in [0.2, 0.25) is 0 Å². The van der Waals surface area contributed by atoms with Crippen LogP contribution in [0.25, 0.3) is 10.6 Å². The van der Waals surface area contributed by atoms with Crippen molar-refractivity contribution in [3.05, 3.63) is 40.4 Å². The van der Waals surface area contributed by atoms with Gasteiger partial charge in [-0.15, -0.1) is 11.3 Å². The number of nitrogens with one attached hydrogen (secondary N) is 1. The van der Waals surface area contributed by atoms with Gasteiger partial charge in [-0.3, -0.25) is 4.79 Å². The summed E-state index contributed by atoms with van der Waals surface area (Å²) < 4.78 is 0. The first-order valence-corrected chi connectivity index (χ1v) is 8.93. The minimum Gasteiger partial charge on any atom is -0.337 e. The number of hydrogen-bond donors (Lipinski definition) is 1. The molecule has 1 fully saturated rings. The molecule has 2 aromatic rings. The zero-order valence-electron chi connectivity index (χ0n) is 13.9. The molecule has 1 saturated heterocycles. The fraction of sp³-hybridized carbons (Fsp3) is 0.444. The van der Waals surface area contributed by atoms with Gasteiger partial charge in [-0.05, 0) is 45.3 Å². The molecule has 4 nitrogen and oxygen atoms in total. The van der Waals surface area contributed by atoms with Crippen LogP contribution in [0.15, 0.2) is 23.6 Å². The van der Waals surface area contributed by atoms with Gasteiger partial charge in [-0.25, -0.2) is 4.98 Å². The normalized spacial score (nSPS) is 17.7. The van der Waals surface area contributed by atoms with Crippen molar-refractivity contribution in [2.24, 2.45) is 5.92 Å². The average Bonchev–Trinajstić information content (AvgIpc) is 3.16. The molecule has 1 N–H and O–H groups in total. The molecule has 1 atom stereocenters. The van der Waals surface area contributed by atoms with Crippen molar-refractivity contribution in [1.29, 1.82) is 0 Å². The molecule has 5 heteroatoms. The van der Waals surface area contributed by atoms with Crippen LogP contribution in [0.5, 0.6) is 0 Å². The molecule has 0 saturated carbocycles. The van der Waals surface area contributed by atoms with E-state index in [9.17, 15) is 4.79 Å². The Morgan fingerprint density at radius 1 is 1.43 bits per heavy atom. The summed E-state index contributed by atoms with van der Waals surface area (Å²) in [5, 5.41) is 6.01. The maximum atomic E-state index is 12.6. The van der Waals surface area contributed by atoms with Crippen LogP contribution in [0.1, 0.15) is 28.0 Å². The summed E-state index contributed by atoms with van der Waals surface area (Å²) in [7, 11) is 1.96. The summed E-state index contributed by atoms with van der Waals surface area (Å²) in [5.74, 6) is 0.622. The topological polar surface area (TPSA) is 45.2 Å². The van der Waals surface area contributed by atoms with E-state index >= 15 is 0 Å². The maximum absolute atomic E-state index is 12.6. The fourth-order valence-electron chi connectivity index (χ4n) is 3.18. The van der Waals surface area contributed by atoms with Crippen LogP contribution in [0.3, 0.4) is 0 Å². The summed E-state index contributed by atoms with van der Waals surface area (Å²) in [6.45, 7) is 6.81. The van der Waals surface area contributed by atoms with Gasteiger partial charge < -0.3 is 10.2 Å². The maximum Gasteiger partial charge on any atom is 0.273 e. The Balaban J connectivity index is 1.75. The minimum absolute atomic E-state index is 0.0656. The number of aromatic nitrogens is 1. The van der Waals surface area contributed by atoms with Gasteiger partial charge in [0.15, 0.2) is 0 Å². The fourth-order valence-corrected chi connectivity index (χ4v) is 4.07. The number of likely N-dealkylation sites (tertiary alicyclic amines) is 1. The lowest BCUT2D eigenvalue weighted by Gasteiger charge is -2.15. The quantitative estimate of drug-likeness (QED) is 0.937. The number of hydrogen-bond acceptors (Lipinski definition) is 4. The van der Waals surface area contributed by atoms with E-state index < -0.39 is 0 Å². The molecule has 2 heterocycles. The van der Waals surface area contributed by atoms with Gasteiger partial charge >= 0.3 is 0 Å². The van der Waals surface area contributed by atoms with Crippen molar-refractivity contribution < 1.29 is 4.79 Å². The van der Waals surface area contributed by atoms with Crippen molar-refractivity contribution in [3.63, 3.8) is 0 Å². The molecule has 0 bridgehead atoms. The highest BCUT2D eigenvalue weighted by Gasteiger charge is 2.27. The standard InChI is InChI=1S/C18H23N3OS/c1-12-4-5-15(13(2)8-12)17-20-16(11-23-17)18(22)21-7-6-14(10-21)9-19-3/h4-5,8,11,14,19H,6-7,9-10H2,1-3H3. The number of carbonyl (C=O) groups excluding carboxylic acids is 1. The largest absolute Gasteiger partial charge is 0.337 e. The predicted octanol–water partition coefficient (Wildman–Crippen LogP) is 3.11. The van der Waals surface area contributed by atoms with Gasteiger partial charge in [0.05, 0.1) is 0 Å². The second kappa shape index (κ2) is 6.81. The SMILES string of the molecule is CNCC1CCN(C(=O)c2csc(-c3ccc(C)cc3C)n2)C1. The Morgan fingerprint density at radius 3 is 3.00 bits per heavy atom. The second-order valence-corrected chi connectivity index (χ2v) is 7.18. The molecule has 1 aliphatic rings. The molecule has 122 valence electrons. The summed E-state index contributed by atoms with van der Waals surface area (Å²) in [6.07, 6.45) is 1.07. The van der Waals surface area contributed by atoms with Gasteiger partial charge in [0.1, 0.15) is 10.7 Å². The molecule has 1 unspecified atom stereocenters. The van der Waals surface area contributed by atoms with E-state index in [1.165, 1.54) is 11.1 Å². The van der Waals surface area contributed by atoms with Gasteiger partial charge in [0.2, 0.25) is 0 Å². The van der Waals surface area contributed by atoms with E-state index in [0.717, 1.165) is 36.6 Å². The lowest BCUT2D eigenvalue weighted by atomic mass is 10.1.